The summed E-state index contributed by atoms with van der Waals surface area (Å²) in [5, 5.41) is 3.79. The third-order valence-electron chi connectivity index (χ3n) is 7.55. The van der Waals surface area contributed by atoms with Gasteiger partial charge in [0.2, 0.25) is 0 Å². The smallest absolute Gasteiger partial charge is 0.162 e. The average Bonchev–Trinajstić information content (AvgIpc) is 3.21. The summed E-state index contributed by atoms with van der Waals surface area (Å²) in [6.45, 7) is 8.66. The van der Waals surface area contributed by atoms with Crippen molar-refractivity contribution < 1.29 is 4.74 Å². The van der Waals surface area contributed by atoms with Crippen molar-refractivity contribution in [1.29, 1.82) is 0 Å². The lowest BCUT2D eigenvalue weighted by Crippen LogP contribution is -2.54. The lowest BCUT2D eigenvalue weighted by atomic mass is 9.63. The van der Waals surface area contributed by atoms with E-state index in [1.165, 1.54) is 11.1 Å². The van der Waals surface area contributed by atoms with Gasteiger partial charge in [0.25, 0.3) is 0 Å². The number of pyridine rings is 1. The maximum atomic E-state index is 5.69. The predicted octanol–water partition coefficient (Wildman–Crippen LogP) is 5.66. The van der Waals surface area contributed by atoms with E-state index in [-0.39, 0.29) is 5.41 Å². The number of aromatic nitrogens is 1. The number of hydrogen-bond acceptors (Lipinski definition) is 4. The van der Waals surface area contributed by atoms with Gasteiger partial charge in [0.05, 0.1) is 11.8 Å². The fourth-order valence-electron chi connectivity index (χ4n) is 5.42. The Morgan fingerprint density at radius 3 is 2.56 bits per heavy atom. The van der Waals surface area contributed by atoms with Crippen LogP contribution in [0.2, 0.25) is 0 Å². The molecule has 1 atom stereocenters. The Labute approximate surface area is 204 Å². The van der Waals surface area contributed by atoms with E-state index in [1.807, 2.05) is 26.6 Å². The molecule has 178 valence electrons. The molecular formula is C29H36N4O. The molecule has 0 saturated heterocycles. The molecule has 2 aromatic rings. The molecule has 0 radical (unpaired) electrons. The zero-order valence-corrected chi connectivity index (χ0v) is 21.3. The van der Waals surface area contributed by atoms with Gasteiger partial charge in [-0.05, 0) is 62.8 Å². The highest BCUT2D eigenvalue weighted by Crippen LogP contribution is 2.53. The van der Waals surface area contributed by atoms with Gasteiger partial charge in [-0.25, -0.2) is 0 Å². The van der Waals surface area contributed by atoms with Gasteiger partial charge in [0.15, 0.2) is 5.66 Å². The summed E-state index contributed by atoms with van der Waals surface area (Å²) in [5.74, 6) is 7.22. The van der Waals surface area contributed by atoms with Gasteiger partial charge < -0.3 is 10.1 Å². The quantitative estimate of drug-likeness (QED) is 0.604. The summed E-state index contributed by atoms with van der Waals surface area (Å²) in [6.07, 6.45) is 9.01. The number of methoxy groups -OCH3 is 1. The number of aryl methyl sites for hydroxylation is 1. The van der Waals surface area contributed by atoms with Crippen molar-refractivity contribution in [2.75, 3.05) is 14.2 Å². The lowest BCUT2D eigenvalue weighted by molar-refractivity contribution is -0.00502. The molecule has 1 N–H and O–H groups in total. The van der Waals surface area contributed by atoms with Crippen LogP contribution in [0.15, 0.2) is 46.6 Å². The summed E-state index contributed by atoms with van der Waals surface area (Å²) in [7, 11) is 3.65. The summed E-state index contributed by atoms with van der Waals surface area (Å²) in [6, 6.07) is 8.79. The first kappa shape index (κ1) is 24.2. The van der Waals surface area contributed by atoms with E-state index >= 15 is 0 Å². The first-order chi connectivity index (χ1) is 16.4. The molecule has 4 rings (SSSR count). The number of aliphatic imine (C=N–C) groups is 2. The molecule has 0 spiro atoms. The fraction of sp³-hybridized carbons (Fsp3) is 0.483. The van der Waals surface area contributed by atoms with Crippen molar-refractivity contribution in [3.8, 4) is 23.0 Å². The zero-order chi connectivity index (χ0) is 24.3. The predicted molar refractivity (Wildman–Crippen MR) is 140 cm³/mol. The Kier molecular flexibility index (Phi) is 6.91. The van der Waals surface area contributed by atoms with Gasteiger partial charge >= 0.3 is 0 Å². The van der Waals surface area contributed by atoms with Crippen molar-refractivity contribution in [3.63, 3.8) is 0 Å². The zero-order valence-electron chi connectivity index (χ0n) is 21.3. The van der Waals surface area contributed by atoms with Crippen LogP contribution in [0.4, 0.5) is 0 Å². The maximum Gasteiger partial charge on any atom is 0.162 e. The third kappa shape index (κ3) is 4.28. The van der Waals surface area contributed by atoms with Crippen molar-refractivity contribution in [3.05, 3.63) is 53.3 Å². The third-order valence-corrected chi connectivity index (χ3v) is 7.55. The number of hydrogen-bond donors (Lipinski definition) is 1. The number of nitrogens with one attached hydrogen (secondary N) is 1. The average molecular weight is 457 g/mol. The molecule has 1 saturated carbocycles. The second-order valence-electron chi connectivity index (χ2n) is 9.75. The molecule has 0 bridgehead atoms. The molecule has 1 aromatic heterocycles. The second-order valence-corrected chi connectivity index (χ2v) is 9.75. The summed E-state index contributed by atoms with van der Waals surface area (Å²) >= 11 is 0. The summed E-state index contributed by atoms with van der Waals surface area (Å²) < 4.78 is 5.69. The number of amidine groups is 1. The van der Waals surface area contributed by atoms with Crippen molar-refractivity contribution >= 4 is 11.5 Å². The Morgan fingerprint density at radius 1 is 1.15 bits per heavy atom. The first-order valence-corrected chi connectivity index (χ1v) is 12.3. The topological polar surface area (TPSA) is 58.9 Å². The van der Waals surface area contributed by atoms with E-state index in [9.17, 15) is 0 Å². The number of rotatable bonds is 4. The summed E-state index contributed by atoms with van der Waals surface area (Å²) in [4.78, 5) is 14.3. The minimum absolute atomic E-state index is 0.0776. The van der Waals surface area contributed by atoms with E-state index in [1.54, 1.807) is 0 Å². The van der Waals surface area contributed by atoms with E-state index in [2.05, 4.69) is 79.1 Å². The molecule has 5 heteroatoms. The van der Waals surface area contributed by atoms with Crippen molar-refractivity contribution in [2.24, 2.45) is 15.4 Å². The SMILES string of the molecule is CCC#Cc1cncc(-c2ccc(C)c(C3(C4(C)CCC(OC)CC4)N=C(C)C(=NC)N3)c2)c1. The van der Waals surface area contributed by atoms with Crippen LogP contribution in [0.1, 0.15) is 69.6 Å². The minimum Gasteiger partial charge on any atom is -0.381 e. The highest BCUT2D eigenvalue weighted by molar-refractivity contribution is 6.42. The van der Waals surface area contributed by atoms with Gasteiger partial charge in [-0.3, -0.25) is 15.0 Å². The molecule has 0 amide bonds. The van der Waals surface area contributed by atoms with Crippen LogP contribution in [0, 0.1) is 24.2 Å². The van der Waals surface area contributed by atoms with Crippen LogP contribution in [0.25, 0.3) is 11.1 Å². The normalized spacial score (nSPS) is 27.6. The monoisotopic (exact) mass is 456 g/mol. The second kappa shape index (κ2) is 9.72. The van der Waals surface area contributed by atoms with E-state index in [0.29, 0.717) is 6.10 Å². The number of ether oxygens (including phenoxy) is 1. The largest absolute Gasteiger partial charge is 0.381 e. The van der Waals surface area contributed by atoms with Crippen LogP contribution < -0.4 is 5.32 Å². The Balaban J connectivity index is 1.84. The van der Waals surface area contributed by atoms with Crippen LogP contribution >= 0.6 is 0 Å². The van der Waals surface area contributed by atoms with Crippen LogP contribution in [0.5, 0.6) is 0 Å². The van der Waals surface area contributed by atoms with Crippen molar-refractivity contribution in [2.45, 2.75) is 71.6 Å². The van der Waals surface area contributed by atoms with E-state index in [4.69, 9.17) is 9.73 Å². The highest BCUT2D eigenvalue weighted by Gasteiger charge is 2.54. The van der Waals surface area contributed by atoms with Gasteiger partial charge in [-0.2, -0.15) is 0 Å². The molecule has 1 unspecified atom stereocenters. The van der Waals surface area contributed by atoms with Crippen LogP contribution in [0.3, 0.4) is 0 Å². The minimum atomic E-state index is -0.572. The molecular weight excluding hydrogens is 420 g/mol. The standard InChI is InChI=1S/C29H36N4O/c1-7-8-9-22-16-24(19-31-18-22)23-11-10-20(2)26(17-23)29(32-21(3)27(30-5)33-29)28(4)14-12-25(34-6)13-15-28/h10-11,16-19,25H,7,12-15H2,1-6H3,(H,30,33). The first-order valence-electron chi connectivity index (χ1n) is 12.3. The Bertz CT molecular complexity index is 1180. The summed E-state index contributed by atoms with van der Waals surface area (Å²) in [5.41, 5.74) is 5.86. The van der Waals surface area contributed by atoms with E-state index in [0.717, 1.165) is 60.3 Å². The van der Waals surface area contributed by atoms with E-state index < -0.39 is 5.66 Å². The highest BCUT2D eigenvalue weighted by atomic mass is 16.5. The van der Waals surface area contributed by atoms with Gasteiger partial charge in [-0.15, -0.1) is 0 Å². The Morgan fingerprint density at radius 2 is 1.91 bits per heavy atom. The van der Waals surface area contributed by atoms with Crippen LogP contribution in [-0.4, -0.2) is 36.8 Å². The molecule has 1 aliphatic carbocycles. The van der Waals surface area contributed by atoms with Gasteiger partial charge in [0.1, 0.15) is 5.84 Å². The molecule has 2 heterocycles. The molecule has 5 nitrogen and oxygen atoms in total. The fourth-order valence-corrected chi connectivity index (χ4v) is 5.42. The van der Waals surface area contributed by atoms with Crippen molar-refractivity contribution in [1.82, 2.24) is 10.3 Å². The number of nitrogens with zero attached hydrogens (tertiary/aromatic N) is 3. The van der Waals surface area contributed by atoms with Crippen LogP contribution in [-0.2, 0) is 10.4 Å². The Hall–Kier alpha value is -2.97. The molecule has 2 aliphatic rings. The molecule has 1 aliphatic heterocycles. The molecule has 34 heavy (non-hydrogen) atoms. The lowest BCUT2D eigenvalue weighted by Gasteiger charge is -2.49. The maximum absolute atomic E-state index is 5.69. The van der Waals surface area contributed by atoms with Gasteiger partial charge in [0, 0.05) is 55.1 Å². The number of benzene rings is 1. The molecule has 1 aromatic carbocycles. The molecule has 1 fully saturated rings. The van der Waals surface area contributed by atoms with Gasteiger partial charge in [-0.1, -0.05) is 37.8 Å².